The minimum atomic E-state index is -0.0853. The van der Waals surface area contributed by atoms with E-state index in [1.54, 1.807) is 35.0 Å². The van der Waals surface area contributed by atoms with Gasteiger partial charge in [0.1, 0.15) is 5.69 Å². The summed E-state index contributed by atoms with van der Waals surface area (Å²) >= 11 is 0. The molecule has 0 radical (unpaired) electrons. The zero-order valence-corrected chi connectivity index (χ0v) is 12.3. The number of fused-ring (bicyclic) bond motifs is 1. The highest BCUT2D eigenvalue weighted by molar-refractivity contribution is 5.92. The van der Waals surface area contributed by atoms with Crippen molar-refractivity contribution in [1.29, 1.82) is 0 Å². The average molecular weight is 297 g/mol. The number of nitrogens with zero attached hydrogens (tertiary/aromatic N) is 1. The normalized spacial score (nSPS) is 16.8. The van der Waals surface area contributed by atoms with Gasteiger partial charge in [0.15, 0.2) is 0 Å². The quantitative estimate of drug-likeness (QED) is 0.843. The van der Waals surface area contributed by atoms with E-state index >= 15 is 0 Å². The molecule has 0 saturated carbocycles. The van der Waals surface area contributed by atoms with Crippen LogP contribution in [-0.2, 0) is 19.4 Å². The Labute approximate surface area is 128 Å². The first-order chi connectivity index (χ1) is 10.7. The summed E-state index contributed by atoms with van der Waals surface area (Å²) in [5.41, 5.74) is 2.78. The van der Waals surface area contributed by atoms with Crippen molar-refractivity contribution in [1.82, 2.24) is 14.9 Å². The molecule has 1 aliphatic carbocycles. The Balaban J connectivity index is 1.77. The standard InChI is InChI=1S/C17H19N3O2/c1-2-10-20-15-7-6-13(11-12(15)5-8-16(20)21)19-17(22)14-4-3-9-18-14/h2-5,8-9,13,18H,1,6-7,10-11H2,(H,19,22). The molecule has 5 nitrogen and oxygen atoms in total. The smallest absolute Gasteiger partial charge is 0.267 e. The lowest BCUT2D eigenvalue weighted by molar-refractivity contribution is 0.0929. The molecule has 22 heavy (non-hydrogen) atoms. The fourth-order valence-electron chi connectivity index (χ4n) is 3.01. The minimum absolute atomic E-state index is 0.00696. The zero-order valence-electron chi connectivity index (χ0n) is 12.3. The zero-order chi connectivity index (χ0) is 15.5. The van der Waals surface area contributed by atoms with Crippen LogP contribution in [0.15, 0.2) is 47.9 Å². The van der Waals surface area contributed by atoms with Gasteiger partial charge < -0.3 is 14.9 Å². The maximum Gasteiger partial charge on any atom is 0.267 e. The van der Waals surface area contributed by atoms with Gasteiger partial charge in [-0.05, 0) is 37.0 Å². The number of allylic oxidation sites excluding steroid dienone is 1. The Kier molecular flexibility index (Phi) is 3.96. The van der Waals surface area contributed by atoms with Crippen LogP contribution < -0.4 is 10.9 Å². The lowest BCUT2D eigenvalue weighted by atomic mass is 9.91. The van der Waals surface area contributed by atoms with Crippen molar-refractivity contribution in [2.24, 2.45) is 0 Å². The highest BCUT2D eigenvalue weighted by atomic mass is 16.2. The summed E-state index contributed by atoms with van der Waals surface area (Å²) in [5, 5.41) is 3.05. The van der Waals surface area contributed by atoms with Crippen molar-refractivity contribution in [2.45, 2.75) is 31.8 Å². The monoisotopic (exact) mass is 297 g/mol. The Bertz CT molecular complexity index is 744. The number of aromatic nitrogens is 2. The van der Waals surface area contributed by atoms with Crippen LogP contribution in [0.2, 0.25) is 0 Å². The van der Waals surface area contributed by atoms with Gasteiger partial charge in [0.05, 0.1) is 0 Å². The van der Waals surface area contributed by atoms with E-state index in [0.29, 0.717) is 12.2 Å². The Morgan fingerprint density at radius 1 is 1.45 bits per heavy atom. The molecular weight excluding hydrogens is 278 g/mol. The summed E-state index contributed by atoms with van der Waals surface area (Å²) in [7, 11) is 0. The third-order valence-corrected chi connectivity index (χ3v) is 4.07. The lowest BCUT2D eigenvalue weighted by Gasteiger charge is -2.27. The molecule has 2 aromatic rings. The van der Waals surface area contributed by atoms with E-state index in [-0.39, 0.29) is 17.5 Å². The van der Waals surface area contributed by atoms with Crippen LogP contribution in [0.5, 0.6) is 0 Å². The summed E-state index contributed by atoms with van der Waals surface area (Å²) in [4.78, 5) is 26.9. The van der Waals surface area contributed by atoms with Crippen LogP contribution in [0.25, 0.3) is 0 Å². The minimum Gasteiger partial charge on any atom is -0.357 e. The number of hydrogen-bond acceptors (Lipinski definition) is 2. The highest BCUT2D eigenvalue weighted by Crippen LogP contribution is 2.20. The molecule has 0 fully saturated rings. The van der Waals surface area contributed by atoms with Crippen LogP contribution in [0.1, 0.15) is 28.2 Å². The summed E-state index contributed by atoms with van der Waals surface area (Å²) in [6.45, 7) is 4.24. The van der Waals surface area contributed by atoms with E-state index in [9.17, 15) is 9.59 Å². The van der Waals surface area contributed by atoms with E-state index in [1.807, 2.05) is 6.07 Å². The third kappa shape index (κ3) is 2.74. The molecule has 2 heterocycles. The molecule has 5 heteroatoms. The number of nitrogens with one attached hydrogen (secondary N) is 2. The molecule has 3 rings (SSSR count). The highest BCUT2D eigenvalue weighted by Gasteiger charge is 2.23. The Morgan fingerprint density at radius 2 is 2.32 bits per heavy atom. The molecule has 1 aliphatic rings. The SMILES string of the molecule is C=CCn1c2c(ccc1=O)CC(NC(=O)c1ccc[nH]1)CC2. The van der Waals surface area contributed by atoms with Gasteiger partial charge in [-0.25, -0.2) is 0 Å². The molecule has 0 spiro atoms. The molecule has 1 amide bonds. The Morgan fingerprint density at radius 3 is 3.05 bits per heavy atom. The number of carbonyl (C=O) groups excluding carboxylic acids is 1. The van der Waals surface area contributed by atoms with Gasteiger partial charge in [0.25, 0.3) is 11.5 Å². The third-order valence-electron chi connectivity index (χ3n) is 4.07. The van der Waals surface area contributed by atoms with Crippen molar-refractivity contribution in [2.75, 3.05) is 0 Å². The molecule has 0 aromatic carbocycles. The molecule has 114 valence electrons. The molecule has 0 bridgehead atoms. The second kappa shape index (κ2) is 6.05. The van der Waals surface area contributed by atoms with Gasteiger partial charge in [-0.3, -0.25) is 9.59 Å². The number of carbonyl (C=O) groups is 1. The predicted molar refractivity (Wildman–Crippen MR) is 85.0 cm³/mol. The fraction of sp³-hybridized carbons (Fsp3) is 0.294. The second-order valence-electron chi connectivity index (χ2n) is 5.54. The Hall–Kier alpha value is -2.56. The van der Waals surface area contributed by atoms with Crippen molar-refractivity contribution < 1.29 is 4.79 Å². The topological polar surface area (TPSA) is 66.9 Å². The van der Waals surface area contributed by atoms with Crippen molar-refractivity contribution in [3.8, 4) is 0 Å². The number of rotatable bonds is 4. The van der Waals surface area contributed by atoms with Crippen LogP contribution in [0, 0.1) is 0 Å². The van der Waals surface area contributed by atoms with Gasteiger partial charge in [0, 0.05) is 30.5 Å². The molecule has 2 aromatic heterocycles. The summed E-state index contributed by atoms with van der Waals surface area (Å²) in [6, 6.07) is 7.13. The van der Waals surface area contributed by atoms with Gasteiger partial charge in [0.2, 0.25) is 0 Å². The number of amides is 1. The maximum atomic E-state index is 12.1. The fourth-order valence-corrected chi connectivity index (χ4v) is 3.01. The first-order valence-electron chi connectivity index (χ1n) is 7.46. The maximum absolute atomic E-state index is 12.1. The van der Waals surface area contributed by atoms with Gasteiger partial charge in [-0.1, -0.05) is 12.1 Å². The molecule has 0 saturated heterocycles. The summed E-state index contributed by atoms with van der Waals surface area (Å²) < 4.78 is 1.77. The first kappa shape index (κ1) is 14.4. The lowest BCUT2D eigenvalue weighted by Crippen LogP contribution is -2.40. The molecule has 0 aliphatic heterocycles. The van der Waals surface area contributed by atoms with Crippen LogP contribution in [0.3, 0.4) is 0 Å². The number of H-pyrrole nitrogens is 1. The van der Waals surface area contributed by atoms with E-state index in [4.69, 9.17) is 0 Å². The summed E-state index contributed by atoms with van der Waals surface area (Å²) in [6.07, 6.45) is 5.84. The van der Waals surface area contributed by atoms with E-state index in [0.717, 1.165) is 30.5 Å². The van der Waals surface area contributed by atoms with Gasteiger partial charge >= 0.3 is 0 Å². The molecular formula is C17H19N3O2. The number of hydrogen-bond donors (Lipinski definition) is 2. The van der Waals surface area contributed by atoms with Crippen LogP contribution >= 0.6 is 0 Å². The first-order valence-corrected chi connectivity index (χ1v) is 7.46. The second-order valence-corrected chi connectivity index (χ2v) is 5.54. The van der Waals surface area contributed by atoms with E-state index in [1.165, 1.54) is 0 Å². The van der Waals surface area contributed by atoms with Crippen LogP contribution in [0.4, 0.5) is 0 Å². The van der Waals surface area contributed by atoms with Crippen molar-refractivity contribution >= 4 is 5.91 Å². The van der Waals surface area contributed by atoms with Crippen molar-refractivity contribution in [3.63, 3.8) is 0 Å². The van der Waals surface area contributed by atoms with Crippen molar-refractivity contribution in [3.05, 3.63) is 70.4 Å². The van der Waals surface area contributed by atoms with E-state index < -0.39 is 0 Å². The van der Waals surface area contributed by atoms with E-state index in [2.05, 4.69) is 16.9 Å². The van der Waals surface area contributed by atoms with Crippen LogP contribution in [-0.4, -0.2) is 21.5 Å². The van der Waals surface area contributed by atoms with Gasteiger partial charge in [-0.15, -0.1) is 6.58 Å². The number of aromatic amines is 1. The largest absolute Gasteiger partial charge is 0.357 e. The average Bonchev–Trinajstić information content (AvgIpc) is 3.05. The molecule has 1 atom stereocenters. The number of pyridine rings is 1. The van der Waals surface area contributed by atoms with Gasteiger partial charge in [-0.2, -0.15) is 0 Å². The molecule has 2 N–H and O–H groups in total. The molecule has 1 unspecified atom stereocenters. The predicted octanol–water partition coefficient (Wildman–Crippen LogP) is 1.65. The summed E-state index contributed by atoms with van der Waals surface area (Å²) in [5.74, 6) is -0.0853.